The summed E-state index contributed by atoms with van der Waals surface area (Å²) in [6.45, 7) is 3.48. The third-order valence-corrected chi connectivity index (χ3v) is 5.16. The highest BCUT2D eigenvalue weighted by Gasteiger charge is 2.41. The normalized spacial score (nSPS) is 21.6. The number of nitrogens with one attached hydrogen (secondary N) is 2. The maximum absolute atomic E-state index is 13.0. The van der Waals surface area contributed by atoms with Gasteiger partial charge in [0.25, 0.3) is 0 Å². The number of halogens is 3. The predicted octanol–water partition coefficient (Wildman–Crippen LogP) is 3.72. The lowest BCUT2D eigenvalue weighted by molar-refractivity contribution is -0.137. The molecule has 0 radical (unpaired) electrons. The van der Waals surface area contributed by atoms with Crippen LogP contribution < -0.4 is 10.6 Å². The second kappa shape index (κ2) is 6.24. The first-order chi connectivity index (χ1) is 11.3. The monoisotopic (exact) mass is 338 g/mol. The van der Waals surface area contributed by atoms with Crippen molar-refractivity contribution in [2.24, 2.45) is 5.41 Å². The zero-order chi connectivity index (χ0) is 17.4. The number of carbonyl (C=O) groups excluding carboxylic acids is 1. The predicted molar refractivity (Wildman–Crippen MR) is 86.0 cm³/mol. The Balaban J connectivity index is 1.92. The Morgan fingerprint density at radius 2 is 1.83 bits per heavy atom. The maximum Gasteiger partial charge on any atom is 0.416 e. The molecule has 2 aliphatic rings. The minimum absolute atomic E-state index is 0.0618. The van der Waals surface area contributed by atoms with Crippen LogP contribution in [-0.2, 0) is 11.0 Å². The minimum atomic E-state index is -4.39. The van der Waals surface area contributed by atoms with Crippen molar-refractivity contribution >= 4 is 11.6 Å². The van der Waals surface area contributed by atoms with Crippen molar-refractivity contribution in [3.63, 3.8) is 0 Å². The van der Waals surface area contributed by atoms with Crippen LogP contribution in [0, 0.1) is 5.41 Å². The van der Waals surface area contributed by atoms with E-state index in [2.05, 4.69) is 10.6 Å². The van der Waals surface area contributed by atoms with E-state index in [4.69, 9.17) is 0 Å². The van der Waals surface area contributed by atoms with Gasteiger partial charge in [-0.15, -0.1) is 0 Å². The molecule has 0 atom stereocenters. The Kier molecular flexibility index (Phi) is 4.42. The van der Waals surface area contributed by atoms with Gasteiger partial charge in [-0.25, -0.2) is 0 Å². The first-order valence-corrected chi connectivity index (χ1v) is 8.21. The van der Waals surface area contributed by atoms with Crippen molar-refractivity contribution < 1.29 is 18.0 Å². The van der Waals surface area contributed by atoms with E-state index in [0.29, 0.717) is 17.7 Å². The Morgan fingerprint density at radius 3 is 2.50 bits per heavy atom. The molecule has 0 saturated carbocycles. The lowest BCUT2D eigenvalue weighted by atomic mass is 9.74. The van der Waals surface area contributed by atoms with Crippen molar-refractivity contribution in [3.8, 4) is 0 Å². The number of rotatable bonds is 1. The molecule has 2 heterocycles. The van der Waals surface area contributed by atoms with Crippen molar-refractivity contribution in [2.45, 2.75) is 38.8 Å². The fraction of sp³-hybridized carbons (Fsp3) is 0.500. The number of benzene rings is 1. The van der Waals surface area contributed by atoms with Crippen LogP contribution in [0.15, 0.2) is 29.8 Å². The zero-order valence-corrected chi connectivity index (χ0v) is 13.6. The molecule has 1 aromatic carbocycles. The maximum atomic E-state index is 13.0. The number of piperidine rings is 1. The van der Waals surface area contributed by atoms with Gasteiger partial charge >= 0.3 is 6.18 Å². The molecule has 1 spiro atoms. The van der Waals surface area contributed by atoms with E-state index in [-0.39, 0.29) is 5.91 Å². The van der Waals surface area contributed by atoms with E-state index in [1.54, 1.807) is 6.07 Å². The molecule has 1 fully saturated rings. The minimum Gasteiger partial charge on any atom is -0.325 e. The van der Waals surface area contributed by atoms with Gasteiger partial charge in [0, 0.05) is 5.70 Å². The third-order valence-electron chi connectivity index (χ3n) is 5.16. The van der Waals surface area contributed by atoms with Crippen LogP contribution in [0.25, 0.3) is 5.70 Å². The Bertz CT molecular complexity index is 673. The summed E-state index contributed by atoms with van der Waals surface area (Å²) in [5, 5.41) is 6.19. The fourth-order valence-corrected chi connectivity index (χ4v) is 3.57. The van der Waals surface area contributed by atoms with E-state index in [9.17, 15) is 18.0 Å². The molecule has 130 valence electrons. The van der Waals surface area contributed by atoms with Crippen LogP contribution in [0.4, 0.5) is 13.2 Å². The standard InChI is InChI=1S/C18H21F3N2O/c1-12-5-6-17(7-9-22-10-8-17)16(24)23-15(12)13-3-2-4-14(11-13)18(19,20)21/h2-4,11,22H,5-10H2,1H3,(H,23,24). The quantitative estimate of drug-likeness (QED) is 0.819. The van der Waals surface area contributed by atoms with Gasteiger partial charge < -0.3 is 10.6 Å². The summed E-state index contributed by atoms with van der Waals surface area (Å²) < 4.78 is 38.9. The largest absolute Gasteiger partial charge is 0.416 e. The Morgan fingerprint density at radius 1 is 1.12 bits per heavy atom. The van der Waals surface area contributed by atoms with Gasteiger partial charge in [-0.05, 0) is 69.0 Å². The second-order valence-corrected chi connectivity index (χ2v) is 6.72. The van der Waals surface area contributed by atoms with E-state index < -0.39 is 17.2 Å². The van der Waals surface area contributed by atoms with Gasteiger partial charge in [-0.3, -0.25) is 4.79 Å². The summed E-state index contributed by atoms with van der Waals surface area (Å²) in [6.07, 6.45) is -1.40. The molecule has 0 aromatic heterocycles. The number of allylic oxidation sites excluding steroid dienone is 1. The molecule has 1 saturated heterocycles. The van der Waals surface area contributed by atoms with Crippen molar-refractivity contribution in [1.29, 1.82) is 0 Å². The lowest BCUT2D eigenvalue weighted by Crippen LogP contribution is -2.46. The highest BCUT2D eigenvalue weighted by Crippen LogP contribution is 2.40. The number of carbonyl (C=O) groups is 1. The van der Waals surface area contributed by atoms with E-state index >= 15 is 0 Å². The average molecular weight is 338 g/mol. The Hall–Kier alpha value is -1.82. The first-order valence-electron chi connectivity index (χ1n) is 8.21. The summed E-state index contributed by atoms with van der Waals surface area (Å²) >= 11 is 0. The number of hydrogen-bond acceptors (Lipinski definition) is 2. The molecule has 1 amide bonds. The fourth-order valence-electron chi connectivity index (χ4n) is 3.57. The van der Waals surface area contributed by atoms with Crippen molar-refractivity contribution in [3.05, 3.63) is 41.0 Å². The van der Waals surface area contributed by atoms with Crippen LogP contribution in [-0.4, -0.2) is 19.0 Å². The molecular weight excluding hydrogens is 317 g/mol. The van der Waals surface area contributed by atoms with Gasteiger partial charge in [0.05, 0.1) is 11.0 Å². The molecule has 24 heavy (non-hydrogen) atoms. The topological polar surface area (TPSA) is 41.1 Å². The zero-order valence-electron chi connectivity index (χ0n) is 13.6. The molecular formula is C18H21F3N2O. The number of amides is 1. The molecule has 2 aliphatic heterocycles. The smallest absolute Gasteiger partial charge is 0.325 e. The van der Waals surface area contributed by atoms with Gasteiger partial charge in [0.2, 0.25) is 5.91 Å². The molecule has 6 heteroatoms. The molecule has 2 N–H and O–H groups in total. The van der Waals surface area contributed by atoms with Crippen molar-refractivity contribution in [1.82, 2.24) is 10.6 Å². The van der Waals surface area contributed by atoms with Crippen LogP contribution in [0.5, 0.6) is 0 Å². The lowest BCUT2D eigenvalue weighted by Gasteiger charge is -2.35. The van der Waals surface area contributed by atoms with Crippen molar-refractivity contribution in [2.75, 3.05) is 13.1 Å². The molecule has 3 rings (SSSR count). The third kappa shape index (κ3) is 3.20. The highest BCUT2D eigenvalue weighted by atomic mass is 19.4. The molecule has 1 aromatic rings. The van der Waals surface area contributed by atoms with E-state index in [1.165, 1.54) is 6.07 Å². The summed E-state index contributed by atoms with van der Waals surface area (Å²) in [5.74, 6) is -0.0618. The SMILES string of the molecule is CC1=C(c2cccc(C(F)(F)F)c2)NC(=O)C2(CCNCC2)CC1. The number of alkyl halides is 3. The summed E-state index contributed by atoms with van der Waals surface area (Å²) in [6, 6.07) is 5.16. The second-order valence-electron chi connectivity index (χ2n) is 6.72. The molecule has 0 bridgehead atoms. The van der Waals surface area contributed by atoms with Gasteiger partial charge in [-0.1, -0.05) is 12.1 Å². The van der Waals surface area contributed by atoms with E-state index in [0.717, 1.165) is 50.1 Å². The Labute approximate surface area is 139 Å². The molecule has 3 nitrogen and oxygen atoms in total. The van der Waals surface area contributed by atoms with Gasteiger partial charge in [-0.2, -0.15) is 13.2 Å². The van der Waals surface area contributed by atoms with Crippen LogP contribution in [0.2, 0.25) is 0 Å². The van der Waals surface area contributed by atoms with Gasteiger partial charge in [0.15, 0.2) is 0 Å². The molecule has 0 aliphatic carbocycles. The van der Waals surface area contributed by atoms with Crippen LogP contribution >= 0.6 is 0 Å². The average Bonchev–Trinajstić information content (AvgIpc) is 2.67. The summed E-state index contributed by atoms with van der Waals surface area (Å²) in [7, 11) is 0. The van der Waals surface area contributed by atoms with Crippen LogP contribution in [0.1, 0.15) is 43.7 Å². The van der Waals surface area contributed by atoms with E-state index in [1.807, 2.05) is 6.92 Å². The first kappa shape index (κ1) is 17.0. The summed E-state index contributed by atoms with van der Waals surface area (Å²) in [4.78, 5) is 12.8. The van der Waals surface area contributed by atoms with Crippen LogP contribution in [0.3, 0.4) is 0 Å². The highest BCUT2D eigenvalue weighted by molar-refractivity contribution is 5.92. The number of hydrogen-bond donors (Lipinski definition) is 2. The summed E-state index contributed by atoms with van der Waals surface area (Å²) in [5.41, 5.74) is 0.771. The van der Waals surface area contributed by atoms with Gasteiger partial charge in [0.1, 0.15) is 0 Å². The molecule has 0 unspecified atom stereocenters.